The fourth-order valence-corrected chi connectivity index (χ4v) is 3.17. The second kappa shape index (κ2) is 7.59. The molecule has 6 heteroatoms. The van der Waals surface area contributed by atoms with E-state index >= 15 is 0 Å². The van der Waals surface area contributed by atoms with Crippen LogP contribution in [-0.4, -0.2) is 53.9 Å². The summed E-state index contributed by atoms with van der Waals surface area (Å²) in [7, 11) is 0. The van der Waals surface area contributed by atoms with E-state index in [1.165, 1.54) is 4.90 Å². The van der Waals surface area contributed by atoms with Crippen LogP contribution in [0.15, 0.2) is 47.4 Å². The zero-order valence-electron chi connectivity index (χ0n) is 12.7. The van der Waals surface area contributed by atoms with Gasteiger partial charge in [0, 0.05) is 13.1 Å². The summed E-state index contributed by atoms with van der Waals surface area (Å²) in [6.07, 6.45) is 5.42. The summed E-state index contributed by atoms with van der Waals surface area (Å²) in [4.78, 5) is 28.2. The van der Waals surface area contributed by atoms with Crippen LogP contribution in [0.2, 0.25) is 0 Å². The highest BCUT2D eigenvalue weighted by Crippen LogP contribution is 2.30. The fourth-order valence-electron chi connectivity index (χ4n) is 2.39. The molecule has 0 bridgehead atoms. The van der Waals surface area contributed by atoms with Crippen molar-refractivity contribution in [2.75, 3.05) is 33.0 Å². The van der Waals surface area contributed by atoms with Gasteiger partial charge >= 0.3 is 0 Å². The van der Waals surface area contributed by atoms with E-state index < -0.39 is 0 Å². The molecule has 0 atom stereocenters. The first-order chi connectivity index (χ1) is 11.2. The van der Waals surface area contributed by atoms with Gasteiger partial charge in [0.2, 0.25) is 0 Å². The Morgan fingerprint density at radius 3 is 2.61 bits per heavy atom. The van der Waals surface area contributed by atoms with Crippen LogP contribution in [0.5, 0.6) is 0 Å². The number of rotatable bonds is 4. The van der Waals surface area contributed by atoms with E-state index in [1.54, 1.807) is 12.2 Å². The molecule has 0 saturated carbocycles. The quantitative estimate of drug-likeness (QED) is 0.794. The molecule has 0 spiro atoms. The van der Waals surface area contributed by atoms with Crippen molar-refractivity contribution in [1.29, 1.82) is 0 Å². The average molecular weight is 330 g/mol. The van der Waals surface area contributed by atoms with Gasteiger partial charge in [-0.3, -0.25) is 19.4 Å². The SMILES string of the molecule is O=C1SC(=CC=Cc2ccccc2)C(=O)N1CN1CCOCC1. The first-order valence-corrected chi connectivity index (χ1v) is 8.33. The Bertz CT molecular complexity index is 636. The van der Waals surface area contributed by atoms with Crippen LogP contribution in [0.1, 0.15) is 5.56 Å². The molecule has 2 saturated heterocycles. The van der Waals surface area contributed by atoms with Gasteiger partial charge in [-0.2, -0.15) is 0 Å². The van der Waals surface area contributed by atoms with Crippen LogP contribution in [-0.2, 0) is 9.53 Å². The van der Waals surface area contributed by atoms with Gasteiger partial charge in [-0.15, -0.1) is 0 Å². The van der Waals surface area contributed by atoms with Crippen molar-refractivity contribution in [1.82, 2.24) is 9.80 Å². The van der Waals surface area contributed by atoms with Crippen LogP contribution in [0.3, 0.4) is 0 Å². The van der Waals surface area contributed by atoms with E-state index in [0.717, 1.165) is 30.4 Å². The minimum Gasteiger partial charge on any atom is -0.379 e. The first-order valence-electron chi connectivity index (χ1n) is 7.51. The molecule has 0 aromatic heterocycles. The largest absolute Gasteiger partial charge is 0.379 e. The van der Waals surface area contributed by atoms with Gasteiger partial charge in [-0.25, -0.2) is 0 Å². The second-order valence-electron chi connectivity index (χ2n) is 5.27. The van der Waals surface area contributed by atoms with Crippen molar-refractivity contribution < 1.29 is 14.3 Å². The maximum atomic E-state index is 12.4. The molecule has 0 N–H and O–H groups in total. The van der Waals surface area contributed by atoms with Crippen LogP contribution >= 0.6 is 11.8 Å². The number of carbonyl (C=O) groups excluding carboxylic acids is 2. The number of hydrogen-bond acceptors (Lipinski definition) is 5. The van der Waals surface area contributed by atoms with Crippen LogP contribution in [0, 0.1) is 0 Å². The van der Waals surface area contributed by atoms with Crippen molar-refractivity contribution in [3.8, 4) is 0 Å². The lowest BCUT2D eigenvalue weighted by Gasteiger charge is -2.29. The van der Waals surface area contributed by atoms with Gasteiger partial charge in [-0.1, -0.05) is 42.5 Å². The third-order valence-electron chi connectivity index (χ3n) is 3.65. The summed E-state index contributed by atoms with van der Waals surface area (Å²) in [6, 6.07) is 9.82. The normalized spacial score (nSPS) is 21.7. The van der Waals surface area contributed by atoms with Crippen molar-refractivity contribution in [2.45, 2.75) is 0 Å². The topological polar surface area (TPSA) is 49.9 Å². The minimum atomic E-state index is -0.218. The Morgan fingerprint density at radius 1 is 1.13 bits per heavy atom. The monoisotopic (exact) mass is 330 g/mol. The lowest BCUT2D eigenvalue weighted by molar-refractivity contribution is -0.125. The molecule has 5 nitrogen and oxygen atoms in total. The summed E-state index contributed by atoms with van der Waals surface area (Å²) >= 11 is 0.995. The van der Waals surface area contributed by atoms with Gasteiger partial charge in [0.15, 0.2) is 0 Å². The number of benzene rings is 1. The van der Waals surface area contributed by atoms with Crippen LogP contribution < -0.4 is 0 Å². The average Bonchev–Trinajstić information content (AvgIpc) is 2.85. The maximum absolute atomic E-state index is 12.4. The number of amides is 2. The third-order valence-corrected chi connectivity index (χ3v) is 4.58. The number of nitrogens with zero attached hydrogens (tertiary/aromatic N) is 2. The summed E-state index contributed by atoms with van der Waals surface area (Å²) < 4.78 is 5.28. The van der Waals surface area contributed by atoms with Crippen molar-refractivity contribution in [3.63, 3.8) is 0 Å². The molecule has 0 unspecified atom stereocenters. The van der Waals surface area contributed by atoms with E-state index in [2.05, 4.69) is 4.90 Å². The van der Waals surface area contributed by atoms with Gasteiger partial charge in [0.05, 0.1) is 24.8 Å². The lowest BCUT2D eigenvalue weighted by atomic mass is 10.2. The van der Waals surface area contributed by atoms with E-state index in [1.807, 2.05) is 36.4 Å². The fraction of sp³-hybridized carbons (Fsp3) is 0.294. The third kappa shape index (κ3) is 4.10. The van der Waals surface area contributed by atoms with Gasteiger partial charge < -0.3 is 4.74 Å². The summed E-state index contributed by atoms with van der Waals surface area (Å²) in [5, 5.41) is -0.208. The lowest BCUT2D eigenvalue weighted by Crippen LogP contribution is -2.45. The van der Waals surface area contributed by atoms with Crippen LogP contribution in [0.4, 0.5) is 4.79 Å². The smallest absolute Gasteiger partial charge is 0.294 e. The molecule has 2 aliphatic rings. The molecular weight excluding hydrogens is 312 g/mol. The number of hydrogen-bond donors (Lipinski definition) is 0. The summed E-state index contributed by atoms with van der Waals surface area (Å²) in [5.74, 6) is -0.218. The molecule has 2 aliphatic heterocycles. The van der Waals surface area contributed by atoms with Crippen molar-refractivity contribution >= 4 is 29.0 Å². The van der Waals surface area contributed by atoms with Crippen molar-refractivity contribution in [2.24, 2.45) is 0 Å². The first kappa shape index (κ1) is 16.0. The molecule has 3 rings (SSSR count). The Balaban J connectivity index is 1.63. The van der Waals surface area contributed by atoms with E-state index in [9.17, 15) is 9.59 Å². The number of thioether (sulfide) groups is 1. The maximum Gasteiger partial charge on any atom is 0.294 e. The highest BCUT2D eigenvalue weighted by atomic mass is 32.2. The minimum absolute atomic E-state index is 0.208. The van der Waals surface area contributed by atoms with Gasteiger partial charge in [-0.05, 0) is 23.4 Å². The van der Waals surface area contributed by atoms with Crippen molar-refractivity contribution in [3.05, 3.63) is 53.0 Å². The Morgan fingerprint density at radius 2 is 1.87 bits per heavy atom. The van der Waals surface area contributed by atoms with E-state index in [0.29, 0.717) is 24.8 Å². The molecule has 0 radical (unpaired) electrons. The predicted molar refractivity (Wildman–Crippen MR) is 90.7 cm³/mol. The molecule has 120 valence electrons. The predicted octanol–water partition coefficient (Wildman–Crippen LogP) is 2.57. The number of allylic oxidation sites excluding steroid dienone is 2. The van der Waals surface area contributed by atoms with Gasteiger partial charge in [0.25, 0.3) is 11.1 Å². The molecule has 2 amide bonds. The molecule has 2 heterocycles. The summed E-state index contributed by atoms with van der Waals surface area (Å²) in [6.45, 7) is 3.12. The Hall–Kier alpha value is -1.89. The Kier molecular flexibility index (Phi) is 5.27. The van der Waals surface area contributed by atoms with Gasteiger partial charge in [0.1, 0.15) is 0 Å². The number of carbonyl (C=O) groups is 2. The summed E-state index contributed by atoms with van der Waals surface area (Å²) in [5.41, 5.74) is 1.05. The van der Waals surface area contributed by atoms with Crippen LogP contribution in [0.25, 0.3) is 6.08 Å². The molecule has 0 aliphatic carbocycles. The number of imide groups is 1. The second-order valence-corrected chi connectivity index (χ2v) is 6.27. The van der Waals surface area contributed by atoms with E-state index in [-0.39, 0.29) is 11.1 Å². The standard InChI is InChI=1S/C17H18N2O3S/c20-16-15(8-4-7-14-5-2-1-3-6-14)23-17(21)19(16)13-18-9-11-22-12-10-18/h1-8H,9-13H2. The highest BCUT2D eigenvalue weighted by molar-refractivity contribution is 8.18. The molecule has 1 aromatic carbocycles. The highest BCUT2D eigenvalue weighted by Gasteiger charge is 2.35. The number of morpholine rings is 1. The molecular formula is C17H18N2O3S. The Labute approximate surface area is 139 Å². The molecule has 2 fully saturated rings. The van der Waals surface area contributed by atoms with E-state index in [4.69, 9.17) is 4.74 Å². The zero-order chi connectivity index (χ0) is 16.1. The molecule has 23 heavy (non-hydrogen) atoms. The molecule has 1 aromatic rings. The number of ether oxygens (including phenoxy) is 1. The zero-order valence-corrected chi connectivity index (χ0v) is 13.5.